The molecule has 0 aliphatic carbocycles. The molecule has 46 heavy (non-hydrogen) atoms. The molecule has 0 radical (unpaired) electrons. The number of nitrogens with zero attached hydrogens (tertiary/aromatic N) is 5. The minimum atomic E-state index is -0.625. The zero-order chi connectivity index (χ0) is 32.4. The Morgan fingerprint density at radius 3 is 2.50 bits per heavy atom. The zero-order valence-electron chi connectivity index (χ0n) is 24.0. The van der Waals surface area contributed by atoms with E-state index in [9.17, 15) is 25.0 Å². The van der Waals surface area contributed by atoms with Crippen LogP contribution in [0.15, 0.2) is 99.2 Å². The van der Waals surface area contributed by atoms with Crippen molar-refractivity contribution in [1.29, 1.82) is 0 Å². The smallest absolute Gasteiger partial charge is 0.315 e. The lowest BCUT2D eigenvalue weighted by molar-refractivity contribution is -0.386. The molecule has 6 rings (SSSR count). The maximum atomic E-state index is 13.6. The Morgan fingerprint density at radius 1 is 0.978 bits per heavy atom. The van der Waals surface area contributed by atoms with Crippen LogP contribution in [0.2, 0.25) is 5.02 Å². The second-order valence-electron chi connectivity index (χ2n) is 9.88. The van der Waals surface area contributed by atoms with Crippen LogP contribution in [0.1, 0.15) is 18.1 Å². The van der Waals surface area contributed by atoms with Gasteiger partial charge in [0.25, 0.3) is 11.2 Å². The summed E-state index contributed by atoms with van der Waals surface area (Å²) < 4.78 is 18.5. The Hall–Kier alpha value is -6.08. The molecule has 2 aromatic heterocycles. The summed E-state index contributed by atoms with van der Waals surface area (Å²) in [4.78, 5) is 40.2. The number of non-ortho nitro benzene ring substituents is 1. The first-order valence-corrected chi connectivity index (χ1v) is 14.2. The number of ether oxygens (including phenoxy) is 2. The Bertz CT molecular complexity index is 2230. The third-order valence-corrected chi connectivity index (χ3v) is 7.09. The van der Waals surface area contributed by atoms with E-state index in [1.165, 1.54) is 42.6 Å². The predicted molar refractivity (Wildman–Crippen MR) is 171 cm³/mol. The summed E-state index contributed by atoms with van der Waals surface area (Å²) in [6, 6.07) is 21.9. The van der Waals surface area contributed by atoms with Gasteiger partial charge in [-0.3, -0.25) is 25.0 Å². The second kappa shape index (κ2) is 12.5. The summed E-state index contributed by atoms with van der Waals surface area (Å²) in [6.07, 6.45) is 1.27. The van der Waals surface area contributed by atoms with Gasteiger partial charge in [0.1, 0.15) is 12.2 Å². The van der Waals surface area contributed by atoms with Crippen LogP contribution in [0.3, 0.4) is 0 Å². The van der Waals surface area contributed by atoms with Crippen LogP contribution in [0.4, 0.5) is 11.4 Å². The molecule has 0 aliphatic heterocycles. The number of hydrogen-bond acceptors (Lipinski definition) is 10. The topological polar surface area (TPSA) is 165 Å². The molecule has 0 spiro atoms. The molecule has 0 fully saturated rings. The average Bonchev–Trinajstić information content (AvgIpc) is 3.47. The Labute approximate surface area is 264 Å². The van der Waals surface area contributed by atoms with Crippen LogP contribution >= 0.6 is 11.6 Å². The fraction of sp³-hybridized carbons (Fsp3) is 0.0938. The summed E-state index contributed by atoms with van der Waals surface area (Å²) in [7, 11) is 0. The number of para-hydroxylation sites is 1. The second-order valence-corrected chi connectivity index (χ2v) is 10.3. The maximum absolute atomic E-state index is 13.6. The van der Waals surface area contributed by atoms with Crippen molar-refractivity contribution >= 4 is 51.1 Å². The number of hydrogen-bond donors (Lipinski definition) is 0. The fourth-order valence-corrected chi connectivity index (χ4v) is 4.92. The van der Waals surface area contributed by atoms with E-state index >= 15 is 0 Å². The highest BCUT2D eigenvalue weighted by Gasteiger charge is 2.23. The lowest BCUT2D eigenvalue weighted by Crippen LogP contribution is -2.20. The van der Waals surface area contributed by atoms with Gasteiger partial charge in [-0.25, -0.2) is 4.98 Å². The predicted octanol–water partition coefficient (Wildman–Crippen LogP) is 7.14. The van der Waals surface area contributed by atoms with Crippen LogP contribution in [0, 0.1) is 20.2 Å². The van der Waals surface area contributed by atoms with Gasteiger partial charge in [0, 0.05) is 34.2 Å². The molecule has 0 saturated carbocycles. The van der Waals surface area contributed by atoms with E-state index in [1.54, 1.807) is 55.5 Å². The maximum Gasteiger partial charge on any atom is 0.315 e. The Kier molecular flexibility index (Phi) is 8.14. The van der Waals surface area contributed by atoms with Gasteiger partial charge in [0.15, 0.2) is 11.5 Å². The Balaban J connectivity index is 1.41. The molecule has 0 aliphatic rings. The molecule has 0 amide bonds. The highest BCUT2D eigenvalue weighted by Crippen LogP contribution is 2.39. The first kappa shape index (κ1) is 30.0. The molecule has 0 bridgehead atoms. The van der Waals surface area contributed by atoms with E-state index in [4.69, 9.17) is 25.5 Å². The third-order valence-electron chi connectivity index (χ3n) is 6.86. The van der Waals surface area contributed by atoms with E-state index in [1.807, 2.05) is 0 Å². The van der Waals surface area contributed by atoms with Gasteiger partial charge < -0.3 is 13.9 Å². The van der Waals surface area contributed by atoms with Crippen molar-refractivity contribution in [3.05, 3.63) is 132 Å². The van der Waals surface area contributed by atoms with Gasteiger partial charge in [-0.15, -0.1) is 0 Å². The molecule has 13 nitrogen and oxygen atoms in total. The largest absolute Gasteiger partial charge is 0.490 e. The highest BCUT2D eigenvalue weighted by atomic mass is 35.5. The van der Waals surface area contributed by atoms with Crippen molar-refractivity contribution in [2.75, 3.05) is 6.61 Å². The number of halogens is 1. The number of fused-ring (bicyclic) bond motifs is 2. The van der Waals surface area contributed by atoms with Gasteiger partial charge in [-0.2, -0.15) is 9.78 Å². The summed E-state index contributed by atoms with van der Waals surface area (Å²) in [5, 5.41) is 29.0. The van der Waals surface area contributed by atoms with E-state index in [2.05, 4.69) is 10.1 Å². The van der Waals surface area contributed by atoms with E-state index in [0.29, 0.717) is 32.5 Å². The number of aromatic nitrogens is 2. The van der Waals surface area contributed by atoms with E-state index in [-0.39, 0.29) is 47.5 Å². The zero-order valence-corrected chi connectivity index (χ0v) is 24.7. The monoisotopic (exact) mass is 639 g/mol. The molecule has 2 heterocycles. The summed E-state index contributed by atoms with van der Waals surface area (Å²) >= 11 is 6.15. The minimum absolute atomic E-state index is 0.0680. The average molecular weight is 640 g/mol. The summed E-state index contributed by atoms with van der Waals surface area (Å²) in [5.41, 5.74) is 0.749. The van der Waals surface area contributed by atoms with Gasteiger partial charge in [0.05, 0.1) is 33.6 Å². The fourth-order valence-electron chi connectivity index (χ4n) is 4.73. The number of benzene rings is 4. The minimum Gasteiger partial charge on any atom is -0.490 e. The molecule has 6 aromatic rings. The molecule has 0 N–H and O–H groups in total. The van der Waals surface area contributed by atoms with Gasteiger partial charge in [-0.1, -0.05) is 23.7 Å². The van der Waals surface area contributed by atoms with Crippen LogP contribution in [-0.4, -0.2) is 32.3 Å². The van der Waals surface area contributed by atoms with Crippen molar-refractivity contribution in [1.82, 2.24) is 9.66 Å². The van der Waals surface area contributed by atoms with Crippen molar-refractivity contribution in [2.45, 2.75) is 13.5 Å². The molecule has 0 unspecified atom stereocenters. The van der Waals surface area contributed by atoms with E-state index in [0.717, 1.165) is 4.68 Å². The van der Waals surface area contributed by atoms with Gasteiger partial charge in [-0.05, 0) is 67.1 Å². The molecule has 230 valence electrons. The quantitative estimate of drug-likeness (QED) is 0.0860. The normalized spacial score (nSPS) is 11.3. The van der Waals surface area contributed by atoms with Crippen molar-refractivity contribution in [3.63, 3.8) is 0 Å². The van der Waals surface area contributed by atoms with Crippen molar-refractivity contribution < 1.29 is 23.7 Å². The highest BCUT2D eigenvalue weighted by molar-refractivity contribution is 6.31. The van der Waals surface area contributed by atoms with Crippen LogP contribution in [-0.2, 0) is 6.61 Å². The lowest BCUT2D eigenvalue weighted by atomic mass is 10.1. The molecule has 4 aromatic carbocycles. The van der Waals surface area contributed by atoms with E-state index < -0.39 is 21.1 Å². The standard InChI is InChI=1S/C32H22ClN5O8/c1-2-44-28-14-20(13-26(38(42)43)30(28)45-18-19-7-10-23(11-8-19)37(40)41)17-34-36-31(35-25-6-4-3-5-24(25)32(36)39)29-16-21-15-22(33)9-12-27(21)46-29/h3-17H,2,18H2,1H3. The Morgan fingerprint density at radius 2 is 1.76 bits per heavy atom. The molecule has 0 saturated heterocycles. The van der Waals surface area contributed by atoms with Crippen LogP contribution in [0.25, 0.3) is 33.5 Å². The molecular formula is C32H22ClN5O8. The van der Waals surface area contributed by atoms with Crippen LogP contribution in [0.5, 0.6) is 11.5 Å². The number of nitro groups is 2. The number of nitro benzene ring substituents is 2. The van der Waals surface area contributed by atoms with Gasteiger partial charge >= 0.3 is 5.69 Å². The van der Waals surface area contributed by atoms with Crippen LogP contribution < -0.4 is 15.0 Å². The molecule has 0 atom stereocenters. The van der Waals surface area contributed by atoms with Gasteiger partial charge in [0.2, 0.25) is 11.6 Å². The molecule has 14 heteroatoms. The lowest BCUT2D eigenvalue weighted by Gasteiger charge is -2.13. The first-order valence-electron chi connectivity index (χ1n) is 13.8. The van der Waals surface area contributed by atoms with Crippen molar-refractivity contribution in [2.24, 2.45) is 5.10 Å². The SMILES string of the molecule is CCOc1cc(C=Nn2c(-c3cc4cc(Cl)ccc4o3)nc3ccccc3c2=O)cc([N+](=O)[O-])c1OCc1ccc([N+](=O)[O-])cc1. The van der Waals surface area contributed by atoms with Crippen molar-refractivity contribution in [3.8, 4) is 23.1 Å². The molecular weight excluding hydrogens is 618 g/mol. The summed E-state index contributed by atoms with van der Waals surface area (Å²) in [6.45, 7) is 1.76. The number of furan rings is 1. The first-order chi connectivity index (χ1) is 22.2. The summed E-state index contributed by atoms with van der Waals surface area (Å²) in [5.74, 6) is 0.301. The third kappa shape index (κ3) is 5.99. The number of rotatable bonds is 10.